The third-order valence-electron chi connectivity index (χ3n) is 1.97. The zero-order valence-corrected chi connectivity index (χ0v) is 10.4. The van der Waals surface area contributed by atoms with Gasteiger partial charge in [-0.25, -0.2) is 0 Å². The SMILES string of the molecule is COc1ccc(Br)cc1N1CC(=O)NS1. The molecule has 0 atom stereocenters. The van der Waals surface area contributed by atoms with Crippen LogP contribution in [0.2, 0.25) is 0 Å². The first kappa shape index (κ1) is 10.6. The molecule has 1 aliphatic rings. The highest BCUT2D eigenvalue weighted by Crippen LogP contribution is 2.35. The molecule has 0 saturated carbocycles. The number of amides is 1. The summed E-state index contributed by atoms with van der Waals surface area (Å²) in [6, 6.07) is 5.69. The number of carbonyl (C=O) groups excluding carboxylic acids is 1. The number of rotatable bonds is 2. The fourth-order valence-corrected chi connectivity index (χ4v) is 2.34. The Bertz CT molecular complexity index is 400. The minimum Gasteiger partial charge on any atom is -0.495 e. The molecule has 0 aliphatic carbocycles. The molecule has 0 bridgehead atoms. The number of ether oxygens (including phenoxy) is 1. The molecule has 1 fully saturated rings. The minimum atomic E-state index is 0.00188. The van der Waals surface area contributed by atoms with Crippen molar-refractivity contribution in [3.63, 3.8) is 0 Å². The number of hydrogen-bond donors (Lipinski definition) is 1. The molecule has 1 aromatic rings. The van der Waals surface area contributed by atoms with Gasteiger partial charge in [0.05, 0.1) is 24.9 Å². The van der Waals surface area contributed by atoms with Crippen LogP contribution in [0.4, 0.5) is 5.69 Å². The summed E-state index contributed by atoms with van der Waals surface area (Å²) >= 11 is 4.67. The Morgan fingerprint density at radius 1 is 1.60 bits per heavy atom. The van der Waals surface area contributed by atoms with E-state index < -0.39 is 0 Å². The van der Waals surface area contributed by atoms with Gasteiger partial charge in [-0.3, -0.25) is 13.8 Å². The number of carbonyl (C=O) groups is 1. The molecule has 1 saturated heterocycles. The van der Waals surface area contributed by atoms with E-state index in [0.717, 1.165) is 15.9 Å². The number of anilines is 1. The van der Waals surface area contributed by atoms with Gasteiger partial charge in [-0.15, -0.1) is 0 Å². The Labute approximate surface area is 100 Å². The van der Waals surface area contributed by atoms with E-state index in [2.05, 4.69) is 20.7 Å². The highest BCUT2D eigenvalue weighted by atomic mass is 79.9. The molecule has 0 unspecified atom stereocenters. The predicted molar refractivity (Wildman–Crippen MR) is 63.8 cm³/mol. The lowest BCUT2D eigenvalue weighted by Crippen LogP contribution is -2.15. The van der Waals surface area contributed by atoms with E-state index in [0.29, 0.717) is 6.54 Å². The maximum Gasteiger partial charge on any atom is 0.251 e. The minimum absolute atomic E-state index is 0.00188. The van der Waals surface area contributed by atoms with Crippen molar-refractivity contribution in [2.75, 3.05) is 18.0 Å². The summed E-state index contributed by atoms with van der Waals surface area (Å²) < 4.78 is 10.7. The van der Waals surface area contributed by atoms with Gasteiger partial charge in [-0.05, 0) is 18.2 Å². The van der Waals surface area contributed by atoms with Crippen molar-refractivity contribution in [3.8, 4) is 5.75 Å². The second-order valence-corrected chi connectivity index (χ2v) is 4.71. The van der Waals surface area contributed by atoms with Crippen LogP contribution >= 0.6 is 28.1 Å². The van der Waals surface area contributed by atoms with Crippen LogP contribution < -0.4 is 13.8 Å². The molecular weight excluding hydrogens is 280 g/mol. The Hall–Kier alpha value is -0.880. The van der Waals surface area contributed by atoms with Crippen molar-refractivity contribution < 1.29 is 9.53 Å². The van der Waals surface area contributed by atoms with Crippen LogP contribution in [0.3, 0.4) is 0 Å². The fraction of sp³-hybridized carbons (Fsp3) is 0.222. The molecule has 1 heterocycles. The summed E-state index contributed by atoms with van der Waals surface area (Å²) in [5.74, 6) is 0.754. The zero-order chi connectivity index (χ0) is 10.8. The molecule has 0 radical (unpaired) electrons. The molecule has 4 nitrogen and oxygen atoms in total. The largest absolute Gasteiger partial charge is 0.495 e. The van der Waals surface area contributed by atoms with Crippen LogP contribution in [-0.2, 0) is 4.79 Å². The molecule has 80 valence electrons. The number of methoxy groups -OCH3 is 1. The predicted octanol–water partition coefficient (Wildman–Crippen LogP) is 1.96. The van der Waals surface area contributed by atoms with Gasteiger partial charge in [0.25, 0.3) is 5.91 Å². The lowest BCUT2D eigenvalue weighted by molar-refractivity contribution is -0.117. The first-order chi connectivity index (χ1) is 7.20. The Morgan fingerprint density at radius 2 is 2.40 bits per heavy atom. The van der Waals surface area contributed by atoms with E-state index in [-0.39, 0.29) is 5.91 Å². The first-order valence-electron chi connectivity index (χ1n) is 4.27. The lowest BCUT2D eigenvalue weighted by atomic mass is 10.3. The topological polar surface area (TPSA) is 41.6 Å². The average Bonchev–Trinajstić information content (AvgIpc) is 2.65. The van der Waals surface area contributed by atoms with Crippen molar-refractivity contribution in [2.24, 2.45) is 0 Å². The quantitative estimate of drug-likeness (QED) is 0.845. The number of nitrogens with one attached hydrogen (secondary N) is 1. The molecule has 2 rings (SSSR count). The van der Waals surface area contributed by atoms with Crippen LogP contribution in [0.1, 0.15) is 0 Å². The monoisotopic (exact) mass is 288 g/mol. The van der Waals surface area contributed by atoms with Gasteiger partial charge in [0.2, 0.25) is 0 Å². The highest BCUT2D eigenvalue weighted by molar-refractivity contribution is 9.10. The van der Waals surface area contributed by atoms with E-state index in [1.807, 2.05) is 22.5 Å². The van der Waals surface area contributed by atoms with Gasteiger partial charge >= 0.3 is 0 Å². The fourth-order valence-electron chi connectivity index (χ4n) is 1.29. The van der Waals surface area contributed by atoms with Crippen molar-refractivity contribution in [3.05, 3.63) is 22.7 Å². The Balaban J connectivity index is 2.33. The highest BCUT2D eigenvalue weighted by Gasteiger charge is 2.23. The first-order valence-corrected chi connectivity index (χ1v) is 5.84. The summed E-state index contributed by atoms with van der Waals surface area (Å²) in [5, 5.41) is 0. The van der Waals surface area contributed by atoms with Gasteiger partial charge in [-0.1, -0.05) is 15.9 Å². The van der Waals surface area contributed by atoms with Gasteiger partial charge in [-0.2, -0.15) is 0 Å². The normalized spacial score (nSPS) is 15.3. The summed E-state index contributed by atoms with van der Waals surface area (Å²) in [4.78, 5) is 11.1. The van der Waals surface area contributed by atoms with Crippen LogP contribution in [0, 0.1) is 0 Å². The average molecular weight is 289 g/mol. The van der Waals surface area contributed by atoms with Crippen LogP contribution in [0.5, 0.6) is 5.75 Å². The van der Waals surface area contributed by atoms with Crippen molar-refractivity contribution in [1.82, 2.24) is 4.72 Å². The molecule has 0 spiro atoms. The molecule has 1 N–H and O–H groups in total. The van der Waals surface area contributed by atoms with Gasteiger partial charge in [0.1, 0.15) is 12.3 Å². The molecule has 1 aliphatic heterocycles. The van der Waals surface area contributed by atoms with Crippen LogP contribution in [0.25, 0.3) is 0 Å². The van der Waals surface area contributed by atoms with Crippen molar-refractivity contribution in [2.45, 2.75) is 0 Å². The standard InChI is InChI=1S/C9H9BrN2O2S/c1-14-8-3-2-6(10)4-7(8)12-5-9(13)11-15-12/h2-4H,5H2,1H3,(H,11,13). The molecular formula is C9H9BrN2O2S. The van der Waals surface area contributed by atoms with Crippen LogP contribution in [0.15, 0.2) is 22.7 Å². The van der Waals surface area contributed by atoms with Crippen molar-refractivity contribution >= 4 is 39.7 Å². The second kappa shape index (κ2) is 4.32. The van der Waals surface area contributed by atoms with E-state index in [1.54, 1.807) is 7.11 Å². The zero-order valence-electron chi connectivity index (χ0n) is 7.99. The third-order valence-corrected chi connectivity index (χ3v) is 3.32. The maximum atomic E-state index is 11.1. The van der Waals surface area contributed by atoms with E-state index in [4.69, 9.17) is 4.74 Å². The Kier molecular flexibility index (Phi) is 3.06. The molecule has 6 heteroatoms. The molecule has 1 amide bonds. The number of benzene rings is 1. The summed E-state index contributed by atoms with van der Waals surface area (Å²) in [6.45, 7) is 0.345. The van der Waals surface area contributed by atoms with Gasteiger partial charge < -0.3 is 4.74 Å². The summed E-state index contributed by atoms with van der Waals surface area (Å²) in [5.41, 5.74) is 0.884. The summed E-state index contributed by atoms with van der Waals surface area (Å²) in [7, 11) is 1.61. The molecule has 15 heavy (non-hydrogen) atoms. The van der Waals surface area contributed by atoms with Crippen LogP contribution in [-0.4, -0.2) is 19.6 Å². The molecule has 1 aromatic carbocycles. The molecule has 0 aromatic heterocycles. The maximum absolute atomic E-state index is 11.1. The lowest BCUT2D eigenvalue weighted by Gasteiger charge is -2.16. The van der Waals surface area contributed by atoms with E-state index in [9.17, 15) is 4.79 Å². The van der Waals surface area contributed by atoms with E-state index >= 15 is 0 Å². The Morgan fingerprint density at radius 3 is 3.00 bits per heavy atom. The van der Waals surface area contributed by atoms with E-state index in [1.165, 1.54) is 12.1 Å². The number of halogens is 1. The number of hydrogen-bond acceptors (Lipinski definition) is 4. The smallest absolute Gasteiger partial charge is 0.251 e. The number of nitrogens with zero attached hydrogens (tertiary/aromatic N) is 1. The van der Waals surface area contributed by atoms with Gasteiger partial charge in [0, 0.05) is 4.47 Å². The third kappa shape index (κ3) is 2.21. The second-order valence-electron chi connectivity index (χ2n) is 2.97. The van der Waals surface area contributed by atoms with Gasteiger partial charge in [0.15, 0.2) is 0 Å². The summed E-state index contributed by atoms with van der Waals surface area (Å²) in [6.07, 6.45) is 0. The van der Waals surface area contributed by atoms with Crippen molar-refractivity contribution in [1.29, 1.82) is 0 Å².